The van der Waals surface area contributed by atoms with Gasteiger partial charge in [0.15, 0.2) is 0 Å². The van der Waals surface area contributed by atoms with Gasteiger partial charge in [0.05, 0.1) is 0 Å². The molecule has 0 aromatic carbocycles. The molecule has 1 aliphatic rings. The molecule has 0 bridgehead atoms. The van der Waals surface area contributed by atoms with Crippen molar-refractivity contribution in [3.05, 3.63) is 6.92 Å². The van der Waals surface area contributed by atoms with Crippen LogP contribution in [0.4, 0.5) is 0 Å². The van der Waals surface area contributed by atoms with Crippen LogP contribution in [0.25, 0.3) is 0 Å². The number of methoxy groups -OCH3 is 1. The minimum Gasteiger partial charge on any atom is -0.870 e. The number of nitrogens with one attached hydrogen (secondary N) is 1. The van der Waals surface area contributed by atoms with Gasteiger partial charge in [-0.05, 0) is 24.4 Å². The van der Waals surface area contributed by atoms with Crippen LogP contribution in [-0.4, -0.2) is 37.1 Å². The number of amides is 1. The molecule has 3 atom stereocenters. The van der Waals surface area contributed by atoms with Crippen molar-refractivity contribution in [2.24, 2.45) is 16.7 Å². The third kappa shape index (κ3) is 5.41. The van der Waals surface area contributed by atoms with Crippen LogP contribution < -0.4 is 40.0 Å². The third-order valence-corrected chi connectivity index (χ3v) is 4.83. The molecule has 1 amide bonds. The van der Waals surface area contributed by atoms with E-state index >= 15 is 0 Å². The van der Waals surface area contributed by atoms with Crippen LogP contribution in [0.15, 0.2) is 0 Å². The molecule has 3 unspecified atom stereocenters. The van der Waals surface area contributed by atoms with Crippen molar-refractivity contribution in [2.45, 2.75) is 39.7 Å². The largest absolute Gasteiger partial charge is 2.00 e. The van der Waals surface area contributed by atoms with Crippen LogP contribution in [0.3, 0.4) is 0 Å². The molecule has 1 fully saturated rings. The fraction of sp³-hybridized carbons (Fsp3) is 0.786. The zero-order valence-electron chi connectivity index (χ0n) is 14.3. The number of hydrogen-bond acceptors (Lipinski definition) is 5. The van der Waals surface area contributed by atoms with E-state index in [4.69, 9.17) is 4.74 Å². The van der Waals surface area contributed by atoms with Gasteiger partial charge in [0.2, 0.25) is 5.91 Å². The van der Waals surface area contributed by atoms with Gasteiger partial charge in [-0.1, -0.05) is 20.8 Å². The Morgan fingerprint density at radius 1 is 1.41 bits per heavy atom. The molecule has 6 nitrogen and oxygen atoms in total. The molecule has 0 aromatic heterocycles. The molecule has 22 heavy (non-hydrogen) atoms. The predicted molar refractivity (Wildman–Crippen MR) is 70.7 cm³/mol. The molecular weight excluding hydrogens is 486 g/mol. The van der Waals surface area contributed by atoms with Crippen molar-refractivity contribution in [3.8, 4) is 0 Å². The van der Waals surface area contributed by atoms with E-state index in [-0.39, 0.29) is 80.6 Å². The zero-order valence-corrected chi connectivity index (χ0v) is 21.8. The summed E-state index contributed by atoms with van der Waals surface area (Å²) < 4.78 is 4.96. The van der Waals surface area contributed by atoms with Gasteiger partial charge in [-0.3, -0.25) is 4.79 Å². The Balaban J connectivity index is -0.00000120. The van der Waals surface area contributed by atoms with Gasteiger partial charge in [0.1, 0.15) is 0 Å². The first kappa shape index (κ1) is 27.6. The summed E-state index contributed by atoms with van der Waals surface area (Å²) in [6, 6.07) is 0. The van der Waals surface area contributed by atoms with E-state index in [0.29, 0.717) is 19.4 Å². The van der Waals surface area contributed by atoms with E-state index in [9.17, 15) is 14.7 Å². The summed E-state index contributed by atoms with van der Waals surface area (Å²) in [5, 5.41) is 14.1. The maximum Gasteiger partial charge on any atom is 2.00 e. The second-order valence-electron chi connectivity index (χ2n) is 6.04. The Kier molecular flexibility index (Phi) is 13.3. The molecule has 1 aliphatic carbocycles. The second kappa shape index (κ2) is 10.6. The second-order valence-corrected chi connectivity index (χ2v) is 6.04. The summed E-state index contributed by atoms with van der Waals surface area (Å²) in [5.74, 6) is -1.56. The average molecular weight is 510 g/mol. The van der Waals surface area contributed by atoms with Gasteiger partial charge >= 0.3 is 57.2 Å². The molecule has 1 saturated carbocycles. The van der Waals surface area contributed by atoms with Crippen molar-refractivity contribution in [1.29, 1.82) is 0 Å². The summed E-state index contributed by atoms with van der Waals surface area (Å²) in [4.78, 5) is 23.5. The van der Waals surface area contributed by atoms with Gasteiger partial charge in [0, 0.05) is 31.0 Å². The topological polar surface area (TPSA) is 108 Å². The molecule has 0 aliphatic heterocycles. The molecule has 0 heterocycles. The monoisotopic (exact) mass is 511 g/mol. The Morgan fingerprint density at radius 2 is 1.91 bits per heavy atom. The number of carboxylic acid groups (broad SMARTS) is 1. The maximum atomic E-state index is 12.2. The Bertz CT molecular complexity index is 380. The van der Waals surface area contributed by atoms with Crippen molar-refractivity contribution in [1.82, 2.24) is 5.32 Å². The summed E-state index contributed by atoms with van der Waals surface area (Å²) >= 11 is 0. The quantitative estimate of drug-likeness (QED) is 0.313. The van der Waals surface area contributed by atoms with E-state index in [1.807, 2.05) is 13.8 Å². The van der Waals surface area contributed by atoms with Gasteiger partial charge in [-0.15, -0.1) is 0 Å². The summed E-state index contributed by atoms with van der Waals surface area (Å²) in [6.07, 6.45) is 0.706. The number of carbonyl (C=O) groups excluding carboxylic acids is 2. The number of carboxylic acids is 1. The Hall–Kier alpha value is 0.795. The van der Waals surface area contributed by atoms with Crippen molar-refractivity contribution >= 4 is 11.9 Å². The molecule has 0 aromatic rings. The van der Waals surface area contributed by atoms with Crippen LogP contribution >= 0.6 is 0 Å². The molecule has 8 heteroatoms. The van der Waals surface area contributed by atoms with Gasteiger partial charge in [-0.2, -0.15) is 0 Å². The van der Waals surface area contributed by atoms with E-state index in [1.54, 1.807) is 6.92 Å². The average Bonchev–Trinajstić information content (AvgIpc) is 2.58. The molecule has 118 valence electrons. The molecule has 0 radical (unpaired) electrons. The first-order valence-electron chi connectivity index (χ1n) is 6.52. The number of ether oxygens (including phenoxy) is 1. The van der Waals surface area contributed by atoms with Crippen LogP contribution in [-0.2, 0) is 42.0 Å². The van der Waals surface area contributed by atoms with Crippen molar-refractivity contribution in [3.63, 3.8) is 0 Å². The summed E-state index contributed by atoms with van der Waals surface area (Å²) in [6.45, 7) is 9.33. The first-order chi connectivity index (χ1) is 8.66. The normalized spacial score (nSPS) is 26.7. The number of aliphatic carboxylic acids is 1. The van der Waals surface area contributed by atoms with Crippen LogP contribution in [0.2, 0.25) is 0 Å². The molecular formula is C14H24HgNNaO5. The minimum atomic E-state index is -1.08. The van der Waals surface area contributed by atoms with Crippen molar-refractivity contribution < 1.29 is 82.1 Å². The number of rotatable bonds is 5. The smallest absolute Gasteiger partial charge is 0.870 e. The number of hydrogen-bond donors (Lipinski definition) is 1. The van der Waals surface area contributed by atoms with Crippen LogP contribution in [0.1, 0.15) is 33.6 Å². The zero-order chi connectivity index (χ0) is 14.8. The van der Waals surface area contributed by atoms with E-state index in [0.717, 1.165) is 0 Å². The standard InChI is InChI=1S/C14H24NO4.Hg.Na.H2O/c1-9(19-5)8-15-11(16)10-6-7-14(4,12(17)18)13(10,2)3;;;/h9-10H,1,6-8H2,2-5H3,(H,15,16)(H,17,18);;;1H2/q-1;+2;+1;/p-2. The molecule has 2 N–H and O–H groups in total. The summed E-state index contributed by atoms with van der Waals surface area (Å²) in [7, 11) is 1.52. The van der Waals surface area contributed by atoms with E-state index in [1.165, 1.54) is 7.11 Å². The molecule has 0 saturated heterocycles. The third-order valence-electron chi connectivity index (χ3n) is 4.83. The van der Waals surface area contributed by atoms with Crippen LogP contribution in [0, 0.1) is 23.7 Å². The Labute approximate surface area is 175 Å². The molecule has 0 spiro atoms. The number of carbonyl (C=O) groups is 2. The molecule has 1 rings (SSSR count). The summed E-state index contributed by atoms with van der Waals surface area (Å²) in [5.41, 5.74) is -1.61. The van der Waals surface area contributed by atoms with Crippen molar-refractivity contribution in [2.75, 3.05) is 13.7 Å². The van der Waals surface area contributed by atoms with E-state index < -0.39 is 16.8 Å². The van der Waals surface area contributed by atoms with E-state index in [2.05, 4.69) is 12.2 Å². The minimum absolute atomic E-state index is 0. The van der Waals surface area contributed by atoms with Crippen LogP contribution in [0.5, 0.6) is 0 Å². The maximum absolute atomic E-state index is 12.2. The van der Waals surface area contributed by atoms with Gasteiger partial charge in [-0.25, -0.2) is 0 Å². The fourth-order valence-corrected chi connectivity index (χ4v) is 2.75. The predicted octanol–water partition coefficient (Wildman–Crippen LogP) is -3.03. The van der Waals surface area contributed by atoms with Gasteiger partial charge < -0.3 is 32.4 Å². The van der Waals surface area contributed by atoms with Gasteiger partial charge in [0.25, 0.3) is 0 Å². The first-order valence-corrected chi connectivity index (χ1v) is 6.52. The Morgan fingerprint density at radius 3 is 2.27 bits per heavy atom. The SMILES string of the molecule is [CH2-]C(CNC(=O)C1CCC(C)(C(=O)[O-])C1(C)C)OC.[Hg+2].[Na+].[OH-]. The fourth-order valence-electron chi connectivity index (χ4n) is 2.75.